The number of carbonyl (C=O) groups excluding carboxylic acids is 1. The first-order valence-corrected chi connectivity index (χ1v) is 4.27. The first-order valence-electron chi connectivity index (χ1n) is 4.27. The summed E-state index contributed by atoms with van der Waals surface area (Å²) in [5.41, 5.74) is 4.09. The van der Waals surface area contributed by atoms with Crippen molar-refractivity contribution in [1.29, 1.82) is 0 Å². The number of carbonyl (C=O) groups is 1. The predicted molar refractivity (Wildman–Crippen MR) is 49.3 cm³/mol. The number of nitrogens with one attached hydrogen (secondary N) is 1. The van der Waals surface area contributed by atoms with Crippen molar-refractivity contribution in [3.05, 3.63) is 0 Å². The van der Waals surface area contributed by atoms with E-state index in [1.807, 2.05) is 0 Å². The fraction of sp³-hybridized carbons (Fsp3) is 0.875. The van der Waals surface area contributed by atoms with Crippen LogP contribution in [-0.4, -0.2) is 36.5 Å². The molecule has 0 saturated carbocycles. The molecular weight excluding hydrogens is 172 g/mol. The number of aliphatic hydroxyl groups is 1. The summed E-state index contributed by atoms with van der Waals surface area (Å²) >= 11 is 0. The van der Waals surface area contributed by atoms with Gasteiger partial charge in [0.15, 0.2) is 0 Å². The molecule has 0 radical (unpaired) electrons. The summed E-state index contributed by atoms with van der Waals surface area (Å²) in [4.78, 5) is 10.1. The van der Waals surface area contributed by atoms with Crippen LogP contribution in [0, 0.1) is 0 Å². The molecule has 4 N–H and O–H groups in total. The molecule has 0 aliphatic heterocycles. The van der Waals surface area contributed by atoms with Gasteiger partial charge in [0, 0.05) is 6.54 Å². The number of nitrogens with two attached hydrogens (primary N) is 1. The molecule has 0 aliphatic rings. The van der Waals surface area contributed by atoms with Crippen molar-refractivity contribution in [1.82, 2.24) is 5.32 Å². The number of amides is 1. The fourth-order valence-corrected chi connectivity index (χ4v) is 0.743. The quantitative estimate of drug-likeness (QED) is 0.508. The van der Waals surface area contributed by atoms with Gasteiger partial charge in [0.25, 0.3) is 0 Å². The van der Waals surface area contributed by atoms with Crippen molar-refractivity contribution in [3.63, 3.8) is 0 Å². The summed E-state index contributed by atoms with van der Waals surface area (Å²) < 4.78 is 4.49. The highest BCUT2D eigenvalue weighted by Gasteiger charge is 2.10. The minimum atomic E-state index is -0.760. The minimum absolute atomic E-state index is 0.265. The molecule has 5 nitrogen and oxygen atoms in total. The zero-order valence-corrected chi connectivity index (χ0v) is 8.17. The van der Waals surface area contributed by atoms with Crippen LogP contribution in [0.1, 0.15) is 20.3 Å². The Balaban J connectivity index is 3.13. The van der Waals surface area contributed by atoms with Crippen molar-refractivity contribution in [2.45, 2.75) is 25.9 Å². The maximum atomic E-state index is 10.1. The van der Waals surface area contributed by atoms with Gasteiger partial charge in [-0.2, -0.15) is 0 Å². The first-order chi connectivity index (χ1) is 5.92. The van der Waals surface area contributed by atoms with Crippen LogP contribution in [0.25, 0.3) is 0 Å². The van der Waals surface area contributed by atoms with Crippen LogP contribution in [-0.2, 0) is 4.74 Å². The Bertz CT molecular complexity index is 154. The van der Waals surface area contributed by atoms with Gasteiger partial charge in [0.05, 0.1) is 5.60 Å². The molecule has 13 heavy (non-hydrogen) atoms. The average Bonchev–Trinajstić information content (AvgIpc) is 1.93. The van der Waals surface area contributed by atoms with Crippen molar-refractivity contribution in [2.24, 2.45) is 5.73 Å². The van der Waals surface area contributed by atoms with E-state index in [-0.39, 0.29) is 6.61 Å². The van der Waals surface area contributed by atoms with Gasteiger partial charge in [-0.1, -0.05) is 0 Å². The molecule has 0 aliphatic carbocycles. The van der Waals surface area contributed by atoms with Crippen LogP contribution in [0.3, 0.4) is 0 Å². The molecule has 0 saturated heterocycles. The van der Waals surface area contributed by atoms with Gasteiger partial charge in [-0.15, -0.1) is 0 Å². The van der Waals surface area contributed by atoms with E-state index < -0.39 is 11.7 Å². The third-order valence-electron chi connectivity index (χ3n) is 1.44. The van der Waals surface area contributed by atoms with Crippen molar-refractivity contribution < 1.29 is 14.6 Å². The Kier molecular flexibility index (Phi) is 5.41. The Hall–Kier alpha value is -0.810. The van der Waals surface area contributed by atoms with E-state index in [1.165, 1.54) is 0 Å². The van der Waals surface area contributed by atoms with Gasteiger partial charge in [0.2, 0.25) is 0 Å². The third kappa shape index (κ3) is 11.2. The van der Waals surface area contributed by atoms with Crippen LogP contribution in [0.5, 0.6) is 0 Å². The largest absolute Gasteiger partial charge is 0.448 e. The maximum absolute atomic E-state index is 10.1. The fourth-order valence-electron chi connectivity index (χ4n) is 0.743. The number of hydrogen-bond donors (Lipinski definition) is 3. The van der Waals surface area contributed by atoms with Crippen LogP contribution in [0.2, 0.25) is 0 Å². The Morgan fingerprint density at radius 3 is 2.62 bits per heavy atom. The highest BCUT2D eigenvalue weighted by Crippen LogP contribution is 2.04. The Labute approximate surface area is 78.3 Å². The average molecular weight is 190 g/mol. The summed E-state index contributed by atoms with van der Waals surface area (Å²) in [7, 11) is 0. The number of hydrogen-bond acceptors (Lipinski definition) is 4. The van der Waals surface area contributed by atoms with Gasteiger partial charge in [-0.05, 0) is 26.8 Å². The predicted octanol–water partition coefficient (Wildman–Crippen LogP) is -0.168. The first kappa shape index (κ1) is 12.2. The zero-order chi connectivity index (χ0) is 10.3. The molecule has 0 aromatic carbocycles. The van der Waals surface area contributed by atoms with Gasteiger partial charge < -0.3 is 20.9 Å². The molecule has 0 unspecified atom stereocenters. The smallest absolute Gasteiger partial charge is 0.404 e. The summed E-state index contributed by atoms with van der Waals surface area (Å²) in [5, 5.41) is 12.3. The van der Waals surface area contributed by atoms with E-state index in [9.17, 15) is 9.90 Å². The highest BCUT2D eigenvalue weighted by molar-refractivity contribution is 5.64. The lowest BCUT2D eigenvalue weighted by atomic mass is 10.1. The van der Waals surface area contributed by atoms with Crippen LogP contribution in [0.4, 0.5) is 4.79 Å². The second kappa shape index (κ2) is 5.77. The zero-order valence-electron chi connectivity index (χ0n) is 8.17. The molecule has 0 aromatic rings. The number of rotatable bonds is 6. The molecule has 0 aromatic heterocycles. The number of primary amides is 1. The molecule has 1 amide bonds. The van der Waals surface area contributed by atoms with E-state index in [0.29, 0.717) is 19.5 Å². The molecular formula is C8H18N2O3. The monoisotopic (exact) mass is 190 g/mol. The summed E-state index contributed by atoms with van der Waals surface area (Å²) in [5.74, 6) is 0. The standard InChI is InChI=1S/C8H18N2O3/c1-8(2,12)3-4-10-5-6-13-7(9)11/h10,12H,3-6H2,1-2H3,(H2,9,11). The van der Waals surface area contributed by atoms with Crippen molar-refractivity contribution in [2.75, 3.05) is 19.7 Å². The van der Waals surface area contributed by atoms with Crippen molar-refractivity contribution >= 4 is 6.09 Å². The SMILES string of the molecule is CC(C)(O)CCNCCOC(N)=O. The Morgan fingerprint density at radius 2 is 2.15 bits per heavy atom. The summed E-state index contributed by atoms with van der Waals surface area (Å²) in [6.45, 7) is 5.00. The van der Waals surface area contributed by atoms with E-state index in [0.717, 1.165) is 0 Å². The Morgan fingerprint density at radius 1 is 1.54 bits per heavy atom. The van der Waals surface area contributed by atoms with E-state index in [2.05, 4.69) is 10.1 Å². The van der Waals surface area contributed by atoms with Crippen LogP contribution in [0.15, 0.2) is 0 Å². The van der Waals surface area contributed by atoms with Crippen LogP contribution < -0.4 is 11.1 Å². The molecule has 0 heterocycles. The highest BCUT2D eigenvalue weighted by atomic mass is 16.5. The summed E-state index contributed by atoms with van der Waals surface area (Å²) in [6.07, 6.45) is -0.104. The van der Waals surface area contributed by atoms with Crippen LogP contribution >= 0.6 is 0 Å². The second-order valence-electron chi connectivity index (χ2n) is 3.48. The van der Waals surface area contributed by atoms with Crippen molar-refractivity contribution in [3.8, 4) is 0 Å². The molecule has 0 atom stereocenters. The van der Waals surface area contributed by atoms with E-state index >= 15 is 0 Å². The van der Waals surface area contributed by atoms with E-state index in [1.54, 1.807) is 13.8 Å². The minimum Gasteiger partial charge on any atom is -0.448 e. The summed E-state index contributed by atoms with van der Waals surface area (Å²) in [6, 6.07) is 0. The third-order valence-corrected chi connectivity index (χ3v) is 1.44. The van der Waals surface area contributed by atoms with E-state index in [4.69, 9.17) is 5.73 Å². The number of ether oxygens (including phenoxy) is 1. The molecule has 5 heteroatoms. The van der Waals surface area contributed by atoms with Gasteiger partial charge >= 0.3 is 6.09 Å². The molecule has 0 bridgehead atoms. The lowest BCUT2D eigenvalue weighted by molar-refractivity contribution is 0.0706. The van der Waals surface area contributed by atoms with Gasteiger partial charge in [-0.25, -0.2) is 4.79 Å². The molecule has 0 rings (SSSR count). The normalized spacial score (nSPS) is 11.3. The lowest BCUT2D eigenvalue weighted by Gasteiger charge is -2.16. The molecule has 0 spiro atoms. The molecule has 78 valence electrons. The lowest BCUT2D eigenvalue weighted by Crippen LogP contribution is -2.29. The van der Waals surface area contributed by atoms with Gasteiger partial charge in [-0.3, -0.25) is 0 Å². The topological polar surface area (TPSA) is 84.6 Å². The van der Waals surface area contributed by atoms with Gasteiger partial charge in [0.1, 0.15) is 6.61 Å². The second-order valence-corrected chi connectivity index (χ2v) is 3.48. The molecule has 0 fully saturated rings. The maximum Gasteiger partial charge on any atom is 0.404 e.